The Morgan fingerprint density at radius 3 is 2.59 bits per heavy atom. The summed E-state index contributed by atoms with van der Waals surface area (Å²) in [5.74, 6) is 1.65. The fourth-order valence-corrected chi connectivity index (χ4v) is 2.05. The summed E-state index contributed by atoms with van der Waals surface area (Å²) in [5, 5.41) is 3.98. The van der Waals surface area contributed by atoms with Crippen LogP contribution in [0, 0.1) is 20.8 Å². The molecule has 0 aliphatic heterocycles. The van der Waals surface area contributed by atoms with E-state index in [-0.39, 0.29) is 5.78 Å². The van der Waals surface area contributed by atoms with Crippen molar-refractivity contribution in [3.05, 3.63) is 34.8 Å². The van der Waals surface area contributed by atoms with E-state index >= 15 is 0 Å². The highest BCUT2D eigenvalue weighted by Gasteiger charge is 2.16. The van der Waals surface area contributed by atoms with Gasteiger partial charge in [0.1, 0.15) is 5.76 Å². The van der Waals surface area contributed by atoms with E-state index in [4.69, 9.17) is 4.52 Å². The number of Topliss-reactive ketones (excluding diaryl/α,β-unsaturated/α-hetero) is 1. The van der Waals surface area contributed by atoms with Gasteiger partial charge in [0.15, 0.2) is 11.6 Å². The largest absolute Gasteiger partial charge is 0.360 e. The lowest BCUT2D eigenvalue weighted by Crippen LogP contribution is -2.02. The van der Waals surface area contributed by atoms with Gasteiger partial charge in [-0.25, -0.2) is 0 Å². The molecule has 0 N–H and O–H groups in total. The zero-order valence-electron chi connectivity index (χ0n) is 10.6. The molecule has 90 valence electrons. The summed E-state index contributed by atoms with van der Waals surface area (Å²) in [6.07, 6.45) is 0.516. The molecule has 2 aromatic rings. The van der Waals surface area contributed by atoms with Crippen molar-refractivity contribution in [2.75, 3.05) is 0 Å². The number of aromatic nitrogens is 2. The molecular formula is C13H16N2O2. The summed E-state index contributed by atoms with van der Waals surface area (Å²) in [7, 11) is 0. The summed E-state index contributed by atoms with van der Waals surface area (Å²) in [5.41, 5.74) is 2.68. The Hall–Kier alpha value is -1.84. The minimum atomic E-state index is 0.157. The Kier molecular flexibility index (Phi) is 2.88. The number of carbonyl (C=O) groups excluding carboxylic acids is 1. The normalized spacial score (nSPS) is 10.8. The Balaban J connectivity index is 2.56. The maximum Gasteiger partial charge on any atom is 0.180 e. The van der Waals surface area contributed by atoms with E-state index in [1.807, 2.05) is 44.4 Å². The van der Waals surface area contributed by atoms with E-state index in [2.05, 4.69) is 5.16 Å². The molecule has 0 fully saturated rings. The Morgan fingerprint density at radius 1 is 1.35 bits per heavy atom. The first-order valence-electron chi connectivity index (χ1n) is 5.70. The molecular weight excluding hydrogens is 216 g/mol. The highest BCUT2D eigenvalue weighted by atomic mass is 16.5. The summed E-state index contributed by atoms with van der Waals surface area (Å²) < 4.78 is 7.01. The van der Waals surface area contributed by atoms with E-state index in [0.717, 1.165) is 28.5 Å². The molecule has 0 aliphatic carbocycles. The molecule has 0 saturated heterocycles. The van der Waals surface area contributed by atoms with Crippen LogP contribution in [0.25, 0.3) is 5.82 Å². The molecule has 4 heteroatoms. The maximum atomic E-state index is 11.8. The summed E-state index contributed by atoms with van der Waals surface area (Å²) in [4.78, 5) is 11.8. The highest BCUT2D eigenvalue weighted by molar-refractivity contribution is 5.97. The average Bonchev–Trinajstić information content (AvgIpc) is 2.82. The number of ketones is 1. The van der Waals surface area contributed by atoms with Crippen molar-refractivity contribution >= 4 is 5.78 Å². The van der Waals surface area contributed by atoms with Gasteiger partial charge in [-0.15, -0.1) is 0 Å². The van der Waals surface area contributed by atoms with Gasteiger partial charge in [-0.05, 0) is 26.8 Å². The second-order valence-corrected chi connectivity index (χ2v) is 4.19. The van der Waals surface area contributed by atoms with Crippen LogP contribution in [-0.2, 0) is 0 Å². The van der Waals surface area contributed by atoms with Crippen LogP contribution in [0.3, 0.4) is 0 Å². The molecule has 0 aromatic carbocycles. The molecule has 0 unspecified atom stereocenters. The third-order valence-corrected chi connectivity index (χ3v) is 2.90. The summed E-state index contributed by atoms with van der Waals surface area (Å²) in [6, 6.07) is 3.77. The van der Waals surface area contributed by atoms with Crippen molar-refractivity contribution in [2.24, 2.45) is 0 Å². The van der Waals surface area contributed by atoms with Gasteiger partial charge in [-0.1, -0.05) is 12.1 Å². The number of hydrogen-bond donors (Lipinski definition) is 0. The molecule has 2 rings (SSSR count). The molecule has 0 aliphatic rings. The topological polar surface area (TPSA) is 48.0 Å². The predicted octanol–water partition coefficient (Wildman–Crippen LogP) is 2.98. The Labute approximate surface area is 100 Å². The molecule has 0 atom stereocenters. The van der Waals surface area contributed by atoms with E-state index in [1.54, 1.807) is 0 Å². The lowest BCUT2D eigenvalue weighted by Gasteiger charge is -2.04. The predicted molar refractivity (Wildman–Crippen MR) is 64.7 cm³/mol. The van der Waals surface area contributed by atoms with E-state index in [9.17, 15) is 4.79 Å². The monoisotopic (exact) mass is 232 g/mol. The average molecular weight is 232 g/mol. The van der Waals surface area contributed by atoms with Gasteiger partial charge in [0, 0.05) is 29.4 Å². The van der Waals surface area contributed by atoms with Gasteiger partial charge < -0.3 is 4.52 Å². The molecule has 2 heterocycles. The third-order valence-electron chi connectivity index (χ3n) is 2.90. The van der Waals surface area contributed by atoms with Crippen molar-refractivity contribution < 1.29 is 9.32 Å². The van der Waals surface area contributed by atoms with Gasteiger partial charge in [0.2, 0.25) is 0 Å². The Morgan fingerprint density at radius 2 is 2.06 bits per heavy atom. The van der Waals surface area contributed by atoms with Gasteiger partial charge in [0.25, 0.3) is 0 Å². The van der Waals surface area contributed by atoms with Crippen LogP contribution >= 0.6 is 0 Å². The molecule has 0 saturated carbocycles. The first-order chi connectivity index (χ1) is 8.04. The minimum Gasteiger partial charge on any atom is -0.360 e. The zero-order chi connectivity index (χ0) is 12.6. The lowest BCUT2D eigenvalue weighted by molar-refractivity contribution is 0.0987. The van der Waals surface area contributed by atoms with Crippen LogP contribution in [0.4, 0.5) is 0 Å². The Bertz CT molecular complexity index is 564. The zero-order valence-corrected chi connectivity index (χ0v) is 10.6. The van der Waals surface area contributed by atoms with E-state index in [1.165, 1.54) is 0 Å². The fourth-order valence-electron chi connectivity index (χ4n) is 2.05. The third kappa shape index (κ3) is 1.90. The summed E-state index contributed by atoms with van der Waals surface area (Å²) >= 11 is 0. The second kappa shape index (κ2) is 4.20. The maximum absolute atomic E-state index is 11.8. The molecule has 17 heavy (non-hydrogen) atoms. The van der Waals surface area contributed by atoms with Crippen LogP contribution in [0.15, 0.2) is 16.7 Å². The molecule has 0 bridgehead atoms. The SMILES string of the molecule is CCC(=O)c1cc(C)n(-c2cc(C)on2)c1C. The number of rotatable bonds is 3. The first-order valence-corrected chi connectivity index (χ1v) is 5.70. The first kappa shape index (κ1) is 11.6. The molecule has 0 radical (unpaired) electrons. The standard InChI is InChI=1S/C13H16N2O2/c1-5-12(16)11-6-8(2)15(10(11)4)13-7-9(3)17-14-13/h6-7H,5H2,1-4H3. The molecule has 4 nitrogen and oxygen atoms in total. The van der Waals surface area contributed by atoms with Crippen LogP contribution in [-0.4, -0.2) is 15.5 Å². The molecule has 0 spiro atoms. The van der Waals surface area contributed by atoms with Crippen molar-refractivity contribution in [3.63, 3.8) is 0 Å². The lowest BCUT2D eigenvalue weighted by atomic mass is 10.1. The smallest absolute Gasteiger partial charge is 0.180 e. The van der Waals surface area contributed by atoms with Gasteiger partial charge >= 0.3 is 0 Å². The molecule has 0 amide bonds. The van der Waals surface area contributed by atoms with E-state index < -0.39 is 0 Å². The van der Waals surface area contributed by atoms with Gasteiger partial charge in [0.05, 0.1) is 0 Å². The van der Waals surface area contributed by atoms with Crippen LogP contribution in [0.5, 0.6) is 0 Å². The number of hydrogen-bond acceptors (Lipinski definition) is 3. The number of carbonyl (C=O) groups is 1. The van der Waals surface area contributed by atoms with E-state index in [0.29, 0.717) is 6.42 Å². The number of aryl methyl sites for hydroxylation is 2. The van der Waals surface area contributed by atoms with Gasteiger partial charge in [-0.3, -0.25) is 9.36 Å². The van der Waals surface area contributed by atoms with Crippen molar-refractivity contribution in [2.45, 2.75) is 34.1 Å². The highest BCUT2D eigenvalue weighted by Crippen LogP contribution is 2.21. The van der Waals surface area contributed by atoms with Crippen LogP contribution < -0.4 is 0 Å². The second-order valence-electron chi connectivity index (χ2n) is 4.19. The van der Waals surface area contributed by atoms with Crippen LogP contribution in [0.2, 0.25) is 0 Å². The van der Waals surface area contributed by atoms with Crippen molar-refractivity contribution in [3.8, 4) is 5.82 Å². The van der Waals surface area contributed by atoms with Crippen LogP contribution in [0.1, 0.15) is 40.9 Å². The quantitative estimate of drug-likeness (QED) is 0.764. The minimum absolute atomic E-state index is 0.157. The molecule has 2 aromatic heterocycles. The number of nitrogens with zero attached hydrogens (tertiary/aromatic N) is 2. The summed E-state index contributed by atoms with van der Waals surface area (Å²) in [6.45, 7) is 7.61. The fraction of sp³-hybridized carbons (Fsp3) is 0.385. The van der Waals surface area contributed by atoms with Gasteiger partial charge in [-0.2, -0.15) is 0 Å². The van der Waals surface area contributed by atoms with Crippen molar-refractivity contribution in [1.29, 1.82) is 0 Å². The van der Waals surface area contributed by atoms with Crippen molar-refractivity contribution in [1.82, 2.24) is 9.72 Å².